The average Bonchev–Trinajstić information content (AvgIpc) is 2.08. The van der Waals surface area contributed by atoms with Crippen molar-refractivity contribution in [1.82, 2.24) is 0 Å². The fraction of sp³-hybridized carbons (Fsp3) is 0.333. The van der Waals surface area contributed by atoms with Crippen molar-refractivity contribution in [2.75, 3.05) is 0 Å². The van der Waals surface area contributed by atoms with Crippen molar-refractivity contribution in [2.45, 2.75) is 17.9 Å². The van der Waals surface area contributed by atoms with Crippen LogP contribution in [0, 0.1) is 18.6 Å². The molecule has 0 heterocycles. The predicted molar refractivity (Wildman–Crippen MR) is 48.8 cm³/mol. The first-order valence-corrected chi connectivity index (χ1v) is 4.81. The zero-order valence-corrected chi connectivity index (χ0v) is 9.09. The molecule has 0 radical (unpaired) electrons. The number of benzene rings is 1. The topological polar surface area (TPSA) is 0 Å². The Morgan fingerprint density at radius 3 is 2.13 bits per heavy atom. The molecule has 1 aromatic carbocycles. The van der Waals surface area contributed by atoms with Crippen molar-refractivity contribution >= 4 is 15.9 Å². The van der Waals surface area contributed by atoms with Gasteiger partial charge in [-0.15, -0.1) is 0 Å². The van der Waals surface area contributed by atoms with Crippen molar-refractivity contribution in [3.05, 3.63) is 34.9 Å². The van der Waals surface area contributed by atoms with Gasteiger partial charge in [-0.2, -0.15) is 13.2 Å². The number of hydrogen-bond donors (Lipinski definition) is 0. The molecule has 0 spiro atoms. The Labute approximate surface area is 91.2 Å². The van der Waals surface area contributed by atoms with Gasteiger partial charge in [0, 0.05) is 11.6 Å². The molecule has 1 unspecified atom stereocenters. The molecule has 1 rings (SSSR count). The van der Waals surface area contributed by atoms with Crippen LogP contribution in [0.25, 0.3) is 0 Å². The van der Waals surface area contributed by atoms with Crippen molar-refractivity contribution in [2.24, 2.45) is 0 Å². The molecule has 0 aliphatic rings. The molecule has 0 nitrogen and oxygen atoms in total. The maximum Gasteiger partial charge on any atom is 0.405 e. The van der Waals surface area contributed by atoms with Crippen molar-refractivity contribution in [1.29, 1.82) is 0 Å². The average molecular weight is 289 g/mol. The molecule has 0 bridgehead atoms. The third-order valence-electron chi connectivity index (χ3n) is 1.84. The second-order valence-electron chi connectivity index (χ2n) is 3.03. The lowest BCUT2D eigenvalue weighted by Gasteiger charge is -2.15. The van der Waals surface area contributed by atoms with E-state index in [9.17, 15) is 22.0 Å². The SMILES string of the molecule is Cc1cc(C(Br)C(F)(F)F)c(F)cc1F. The summed E-state index contributed by atoms with van der Waals surface area (Å²) in [5, 5.41) is 0. The molecule has 15 heavy (non-hydrogen) atoms. The first-order chi connectivity index (χ1) is 6.73. The van der Waals surface area contributed by atoms with E-state index in [1.54, 1.807) is 0 Å². The van der Waals surface area contributed by atoms with Crippen molar-refractivity contribution in [3.8, 4) is 0 Å². The summed E-state index contributed by atoms with van der Waals surface area (Å²) in [5.41, 5.74) is -0.637. The third-order valence-corrected chi connectivity index (χ3v) is 2.85. The Morgan fingerprint density at radius 2 is 1.67 bits per heavy atom. The van der Waals surface area contributed by atoms with Crippen molar-refractivity contribution in [3.63, 3.8) is 0 Å². The summed E-state index contributed by atoms with van der Waals surface area (Å²) in [6.07, 6.45) is -4.61. The largest absolute Gasteiger partial charge is 0.405 e. The molecule has 0 saturated carbocycles. The third kappa shape index (κ3) is 2.68. The number of aryl methyl sites for hydroxylation is 1. The summed E-state index contributed by atoms with van der Waals surface area (Å²) in [6.45, 7) is 1.27. The van der Waals surface area contributed by atoms with Gasteiger partial charge in [0.2, 0.25) is 0 Å². The number of rotatable bonds is 1. The quantitative estimate of drug-likeness (QED) is 0.535. The normalized spacial score (nSPS) is 14.1. The summed E-state index contributed by atoms with van der Waals surface area (Å²) in [7, 11) is 0. The summed E-state index contributed by atoms with van der Waals surface area (Å²) in [5.74, 6) is -2.07. The van der Waals surface area contributed by atoms with Gasteiger partial charge < -0.3 is 0 Å². The molecular weight excluding hydrogens is 283 g/mol. The van der Waals surface area contributed by atoms with Gasteiger partial charge in [0.05, 0.1) is 0 Å². The van der Waals surface area contributed by atoms with Gasteiger partial charge in [-0.3, -0.25) is 0 Å². The van der Waals surface area contributed by atoms with E-state index in [0.717, 1.165) is 6.07 Å². The van der Waals surface area contributed by atoms with Gasteiger partial charge in [0.15, 0.2) is 0 Å². The van der Waals surface area contributed by atoms with Crippen LogP contribution in [0.3, 0.4) is 0 Å². The summed E-state index contributed by atoms with van der Waals surface area (Å²) in [4.78, 5) is -2.12. The van der Waals surface area contributed by atoms with Gasteiger partial charge in [0.1, 0.15) is 16.5 Å². The van der Waals surface area contributed by atoms with Crippen LogP contribution in [-0.4, -0.2) is 6.18 Å². The predicted octanol–water partition coefficient (Wildman–Crippen LogP) is 4.27. The second kappa shape index (κ2) is 4.08. The van der Waals surface area contributed by atoms with E-state index in [4.69, 9.17) is 0 Å². The van der Waals surface area contributed by atoms with E-state index in [2.05, 4.69) is 15.9 Å². The highest BCUT2D eigenvalue weighted by Crippen LogP contribution is 2.41. The maximum atomic E-state index is 13.0. The van der Waals surface area contributed by atoms with E-state index < -0.39 is 28.2 Å². The highest BCUT2D eigenvalue weighted by molar-refractivity contribution is 9.09. The fourth-order valence-electron chi connectivity index (χ4n) is 1.05. The molecule has 0 amide bonds. The van der Waals surface area contributed by atoms with Crippen LogP contribution in [0.4, 0.5) is 22.0 Å². The Morgan fingerprint density at radius 1 is 1.13 bits per heavy atom. The fourth-order valence-corrected chi connectivity index (χ4v) is 1.40. The molecular formula is C9H6BrF5. The molecule has 0 aliphatic heterocycles. The molecule has 0 saturated heterocycles. The Hall–Kier alpha value is -0.650. The molecule has 84 valence electrons. The lowest BCUT2D eigenvalue weighted by molar-refractivity contribution is -0.128. The van der Waals surface area contributed by atoms with Crippen molar-refractivity contribution < 1.29 is 22.0 Å². The smallest absolute Gasteiger partial charge is 0.207 e. The van der Waals surface area contributed by atoms with Gasteiger partial charge in [-0.05, 0) is 18.6 Å². The van der Waals surface area contributed by atoms with E-state index in [1.807, 2.05) is 0 Å². The van der Waals surface area contributed by atoms with Gasteiger partial charge in [0.25, 0.3) is 0 Å². The minimum atomic E-state index is -4.61. The number of alkyl halides is 4. The maximum absolute atomic E-state index is 13.0. The molecule has 1 atom stereocenters. The monoisotopic (exact) mass is 288 g/mol. The van der Waals surface area contributed by atoms with Gasteiger partial charge >= 0.3 is 6.18 Å². The molecule has 1 aromatic rings. The molecule has 6 heteroatoms. The zero-order chi connectivity index (χ0) is 11.8. The van der Waals surface area contributed by atoms with Crippen LogP contribution in [0.5, 0.6) is 0 Å². The minimum Gasteiger partial charge on any atom is -0.207 e. The Kier molecular flexibility index (Phi) is 3.38. The summed E-state index contributed by atoms with van der Waals surface area (Å²) in [6, 6.07) is 1.29. The van der Waals surface area contributed by atoms with Crippen LogP contribution < -0.4 is 0 Å². The first-order valence-electron chi connectivity index (χ1n) is 3.90. The highest BCUT2D eigenvalue weighted by Gasteiger charge is 2.40. The van der Waals surface area contributed by atoms with E-state index >= 15 is 0 Å². The van der Waals surface area contributed by atoms with Gasteiger partial charge in [-0.1, -0.05) is 15.9 Å². The lowest BCUT2D eigenvalue weighted by Crippen LogP contribution is -2.16. The zero-order valence-electron chi connectivity index (χ0n) is 7.50. The van der Waals surface area contributed by atoms with Crippen LogP contribution in [0.2, 0.25) is 0 Å². The number of hydrogen-bond acceptors (Lipinski definition) is 0. The molecule has 0 N–H and O–H groups in total. The number of halogens is 6. The van der Waals surface area contributed by atoms with Crippen LogP contribution in [0.15, 0.2) is 12.1 Å². The highest BCUT2D eigenvalue weighted by atomic mass is 79.9. The summed E-state index contributed by atoms with van der Waals surface area (Å²) >= 11 is 2.33. The van der Waals surface area contributed by atoms with Crippen LogP contribution >= 0.6 is 15.9 Å². The minimum absolute atomic E-state index is 0.0277. The van der Waals surface area contributed by atoms with E-state index in [1.165, 1.54) is 6.92 Å². The Balaban J connectivity index is 3.21. The Bertz CT molecular complexity index is 372. The van der Waals surface area contributed by atoms with Crippen LogP contribution in [0.1, 0.15) is 16.0 Å². The second-order valence-corrected chi connectivity index (χ2v) is 3.94. The van der Waals surface area contributed by atoms with Crippen LogP contribution in [-0.2, 0) is 0 Å². The standard InChI is InChI=1S/C9H6BrF5/c1-4-2-5(7(12)3-6(4)11)8(10)9(13,14)15/h2-3,8H,1H3. The van der Waals surface area contributed by atoms with E-state index in [0.29, 0.717) is 6.07 Å². The lowest BCUT2D eigenvalue weighted by atomic mass is 10.1. The van der Waals surface area contributed by atoms with E-state index in [-0.39, 0.29) is 5.56 Å². The molecule has 0 aliphatic carbocycles. The first kappa shape index (κ1) is 12.4. The molecule has 0 aromatic heterocycles. The van der Waals surface area contributed by atoms with Gasteiger partial charge in [-0.25, -0.2) is 8.78 Å². The molecule has 0 fully saturated rings. The summed E-state index contributed by atoms with van der Waals surface area (Å²) < 4.78 is 62.5.